The summed E-state index contributed by atoms with van der Waals surface area (Å²) in [5.41, 5.74) is 6.28. The number of nitrogens with one attached hydrogen (secondary N) is 1. The highest BCUT2D eigenvalue weighted by Gasteiger charge is 2.23. The Morgan fingerprint density at radius 1 is 1.38 bits per heavy atom. The molecule has 1 rings (SSSR count). The van der Waals surface area contributed by atoms with Crippen LogP contribution in [-0.2, 0) is 4.79 Å². The molecule has 1 aromatic rings. The topological polar surface area (TPSA) is 105 Å². The summed E-state index contributed by atoms with van der Waals surface area (Å²) in [7, 11) is 0. The van der Waals surface area contributed by atoms with Crippen molar-refractivity contribution < 1.29 is 14.7 Å². The van der Waals surface area contributed by atoms with Crippen LogP contribution in [0.3, 0.4) is 0 Å². The Hall–Kier alpha value is -2.11. The maximum absolute atomic E-state index is 11.4. The van der Waals surface area contributed by atoms with E-state index in [0.717, 1.165) is 5.69 Å². The Morgan fingerprint density at radius 2 is 2.00 bits per heavy atom. The Bertz CT molecular complexity index is 535. The molecule has 1 amide bonds. The van der Waals surface area contributed by atoms with Gasteiger partial charge in [0.1, 0.15) is 5.82 Å². The fourth-order valence-electron chi connectivity index (χ4n) is 2.18. The molecule has 0 spiro atoms. The summed E-state index contributed by atoms with van der Waals surface area (Å²) < 4.78 is 0. The number of aryl methyl sites for hydroxylation is 1. The average Bonchev–Trinajstić information content (AvgIpc) is 2.24. The minimum absolute atomic E-state index is 0.0505. The molecule has 0 saturated carbocycles. The number of nitrogens with zero attached hydrogens (tertiary/aromatic N) is 1. The van der Waals surface area contributed by atoms with Gasteiger partial charge < -0.3 is 16.2 Å². The zero-order valence-corrected chi connectivity index (χ0v) is 12.9. The second kappa shape index (κ2) is 6.56. The third kappa shape index (κ3) is 5.81. The lowest BCUT2D eigenvalue weighted by atomic mass is 9.87. The molecule has 0 fully saturated rings. The van der Waals surface area contributed by atoms with Crippen LogP contribution in [0.2, 0.25) is 0 Å². The third-order valence-electron chi connectivity index (χ3n) is 2.92. The predicted molar refractivity (Wildman–Crippen MR) is 81.2 cm³/mol. The van der Waals surface area contributed by atoms with Crippen molar-refractivity contribution in [2.24, 2.45) is 11.1 Å². The fourth-order valence-corrected chi connectivity index (χ4v) is 2.18. The highest BCUT2D eigenvalue weighted by Crippen LogP contribution is 2.25. The fraction of sp³-hybridized carbons (Fsp3) is 0.533. The van der Waals surface area contributed by atoms with Gasteiger partial charge in [-0.15, -0.1) is 0 Å². The first-order chi connectivity index (χ1) is 9.58. The number of primary amides is 1. The van der Waals surface area contributed by atoms with Gasteiger partial charge in [-0.3, -0.25) is 9.59 Å². The molecule has 1 unspecified atom stereocenters. The SMILES string of the molecule is Cc1ccc(C(N)=O)c(NC(CC(=O)O)CC(C)(C)C)n1. The highest BCUT2D eigenvalue weighted by molar-refractivity contribution is 5.97. The zero-order valence-electron chi connectivity index (χ0n) is 12.9. The molecule has 0 aliphatic heterocycles. The second-order valence-corrected chi connectivity index (χ2v) is 6.42. The molecule has 116 valence electrons. The maximum atomic E-state index is 11.4. The minimum atomic E-state index is -0.898. The van der Waals surface area contributed by atoms with Crippen LogP contribution in [0.25, 0.3) is 0 Å². The monoisotopic (exact) mass is 293 g/mol. The molecule has 1 atom stereocenters. The molecular weight excluding hydrogens is 270 g/mol. The van der Waals surface area contributed by atoms with Gasteiger partial charge >= 0.3 is 5.97 Å². The number of carbonyl (C=O) groups excluding carboxylic acids is 1. The van der Waals surface area contributed by atoms with Crippen LogP contribution in [0.4, 0.5) is 5.82 Å². The number of nitrogens with two attached hydrogens (primary N) is 1. The summed E-state index contributed by atoms with van der Waals surface area (Å²) in [4.78, 5) is 26.7. The van der Waals surface area contributed by atoms with E-state index < -0.39 is 11.9 Å². The smallest absolute Gasteiger partial charge is 0.305 e. The van der Waals surface area contributed by atoms with E-state index in [2.05, 4.69) is 10.3 Å². The zero-order chi connectivity index (χ0) is 16.2. The van der Waals surface area contributed by atoms with Gasteiger partial charge in [-0.2, -0.15) is 0 Å². The van der Waals surface area contributed by atoms with Crippen LogP contribution in [0.1, 0.15) is 49.7 Å². The number of hydrogen-bond donors (Lipinski definition) is 3. The van der Waals surface area contributed by atoms with E-state index in [4.69, 9.17) is 10.8 Å². The number of carboxylic acid groups (broad SMARTS) is 1. The molecule has 1 heterocycles. The van der Waals surface area contributed by atoms with E-state index in [1.807, 2.05) is 20.8 Å². The number of carbonyl (C=O) groups is 2. The summed E-state index contributed by atoms with van der Waals surface area (Å²) in [6, 6.07) is 2.97. The average molecular weight is 293 g/mol. The summed E-state index contributed by atoms with van der Waals surface area (Å²) >= 11 is 0. The maximum Gasteiger partial charge on any atom is 0.305 e. The summed E-state index contributed by atoms with van der Waals surface area (Å²) in [5.74, 6) is -1.14. The van der Waals surface area contributed by atoms with Gasteiger partial charge in [0.2, 0.25) is 0 Å². The lowest BCUT2D eigenvalue weighted by Crippen LogP contribution is -2.30. The Morgan fingerprint density at radius 3 is 2.48 bits per heavy atom. The van der Waals surface area contributed by atoms with E-state index >= 15 is 0 Å². The van der Waals surface area contributed by atoms with Crippen molar-refractivity contribution >= 4 is 17.7 Å². The number of pyridine rings is 1. The van der Waals surface area contributed by atoms with Gasteiger partial charge in [-0.05, 0) is 30.9 Å². The number of hydrogen-bond acceptors (Lipinski definition) is 4. The van der Waals surface area contributed by atoms with Crippen molar-refractivity contribution in [1.29, 1.82) is 0 Å². The van der Waals surface area contributed by atoms with Gasteiger partial charge in [-0.1, -0.05) is 20.8 Å². The van der Waals surface area contributed by atoms with Crippen LogP contribution >= 0.6 is 0 Å². The van der Waals surface area contributed by atoms with Crippen molar-refractivity contribution in [3.05, 3.63) is 23.4 Å². The largest absolute Gasteiger partial charge is 0.481 e. The molecule has 1 aromatic heterocycles. The van der Waals surface area contributed by atoms with Crippen LogP contribution in [0, 0.1) is 12.3 Å². The highest BCUT2D eigenvalue weighted by atomic mass is 16.4. The van der Waals surface area contributed by atoms with Gasteiger partial charge in [0.05, 0.1) is 12.0 Å². The Labute approximate surface area is 124 Å². The number of amides is 1. The van der Waals surface area contributed by atoms with Crippen LogP contribution < -0.4 is 11.1 Å². The van der Waals surface area contributed by atoms with E-state index in [1.54, 1.807) is 19.1 Å². The first-order valence-electron chi connectivity index (χ1n) is 6.84. The van der Waals surface area contributed by atoms with E-state index in [1.165, 1.54) is 0 Å². The molecule has 0 radical (unpaired) electrons. The van der Waals surface area contributed by atoms with Crippen molar-refractivity contribution in [2.75, 3.05) is 5.32 Å². The standard InChI is InChI=1S/C15H23N3O3/c1-9-5-6-11(13(16)21)14(17-9)18-10(7-12(19)20)8-15(2,3)4/h5-6,10H,7-8H2,1-4H3,(H2,16,21)(H,17,18)(H,19,20). The first kappa shape index (κ1) is 16.9. The molecule has 0 bridgehead atoms. The number of aliphatic carboxylic acids is 1. The molecule has 0 aromatic carbocycles. The van der Waals surface area contributed by atoms with Crippen molar-refractivity contribution in [3.8, 4) is 0 Å². The van der Waals surface area contributed by atoms with Crippen LogP contribution in [0.15, 0.2) is 12.1 Å². The number of carboxylic acids is 1. The van der Waals surface area contributed by atoms with Crippen molar-refractivity contribution in [3.63, 3.8) is 0 Å². The van der Waals surface area contributed by atoms with Crippen molar-refractivity contribution in [1.82, 2.24) is 4.98 Å². The van der Waals surface area contributed by atoms with E-state index in [0.29, 0.717) is 12.2 Å². The Kier molecular flexibility index (Phi) is 5.29. The second-order valence-electron chi connectivity index (χ2n) is 6.42. The van der Waals surface area contributed by atoms with Crippen LogP contribution in [-0.4, -0.2) is 28.0 Å². The molecule has 4 N–H and O–H groups in total. The molecule has 0 aliphatic rings. The van der Waals surface area contributed by atoms with Gasteiger partial charge in [0, 0.05) is 11.7 Å². The predicted octanol–water partition coefficient (Wildman–Crippen LogP) is 2.18. The number of rotatable bonds is 6. The van der Waals surface area contributed by atoms with Crippen LogP contribution in [0.5, 0.6) is 0 Å². The molecule has 0 saturated heterocycles. The lowest BCUT2D eigenvalue weighted by molar-refractivity contribution is -0.137. The van der Waals surface area contributed by atoms with E-state index in [-0.39, 0.29) is 23.4 Å². The lowest BCUT2D eigenvalue weighted by Gasteiger charge is -2.26. The quantitative estimate of drug-likeness (QED) is 0.745. The minimum Gasteiger partial charge on any atom is -0.481 e. The molecule has 0 aliphatic carbocycles. The molecule has 6 nitrogen and oxygen atoms in total. The molecular formula is C15H23N3O3. The Balaban J connectivity index is 3.04. The van der Waals surface area contributed by atoms with E-state index in [9.17, 15) is 9.59 Å². The number of anilines is 1. The molecule has 6 heteroatoms. The first-order valence-corrected chi connectivity index (χ1v) is 6.84. The van der Waals surface area contributed by atoms with Gasteiger partial charge in [0.15, 0.2) is 0 Å². The summed E-state index contributed by atoms with van der Waals surface area (Å²) in [6.45, 7) is 7.89. The normalized spacial score (nSPS) is 12.8. The van der Waals surface area contributed by atoms with Crippen molar-refractivity contribution in [2.45, 2.75) is 46.6 Å². The van der Waals surface area contributed by atoms with Gasteiger partial charge in [0.25, 0.3) is 5.91 Å². The summed E-state index contributed by atoms with van der Waals surface area (Å²) in [5, 5.41) is 12.1. The third-order valence-corrected chi connectivity index (χ3v) is 2.92. The van der Waals surface area contributed by atoms with Gasteiger partial charge in [-0.25, -0.2) is 4.98 Å². The number of aromatic nitrogens is 1. The molecule has 21 heavy (non-hydrogen) atoms. The summed E-state index contributed by atoms with van der Waals surface area (Å²) in [6.07, 6.45) is 0.582.